The average molecular weight is 288 g/mol. The first-order valence-corrected chi connectivity index (χ1v) is 7.13. The molecule has 0 saturated heterocycles. The summed E-state index contributed by atoms with van der Waals surface area (Å²) in [5.41, 5.74) is 3.73. The van der Waals surface area contributed by atoms with Gasteiger partial charge in [0.2, 0.25) is 0 Å². The highest BCUT2D eigenvalue weighted by molar-refractivity contribution is 5.84. The number of aromatic carboxylic acids is 1. The minimum absolute atomic E-state index is 0.0294. The Morgan fingerprint density at radius 1 is 1.29 bits per heavy atom. The normalized spacial score (nSPS) is 10.6. The van der Waals surface area contributed by atoms with E-state index < -0.39 is 5.97 Å². The van der Waals surface area contributed by atoms with Gasteiger partial charge in [0.15, 0.2) is 5.69 Å². The molecule has 6 heteroatoms. The molecule has 0 aliphatic rings. The van der Waals surface area contributed by atoms with Crippen LogP contribution in [0, 0.1) is 0 Å². The Morgan fingerprint density at radius 2 is 1.95 bits per heavy atom. The van der Waals surface area contributed by atoms with Crippen molar-refractivity contribution >= 4 is 11.7 Å². The molecule has 0 bridgehead atoms. The van der Waals surface area contributed by atoms with Crippen LogP contribution in [-0.2, 0) is 19.4 Å². The summed E-state index contributed by atoms with van der Waals surface area (Å²) in [6.07, 6.45) is 3.39. The van der Waals surface area contributed by atoms with E-state index in [1.54, 1.807) is 0 Å². The lowest BCUT2D eigenvalue weighted by Gasteiger charge is -2.15. The summed E-state index contributed by atoms with van der Waals surface area (Å²) in [6, 6.07) is 6.33. The van der Waals surface area contributed by atoms with Crippen molar-refractivity contribution in [2.75, 3.05) is 11.9 Å². The zero-order valence-electron chi connectivity index (χ0n) is 12.3. The van der Waals surface area contributed by atoms with Gasteiger partial charge in [0.1, 0.15) is 0 Å². The van der Waals surface area contributed by atoms with Gasteiger partial charge in [-0.1, -0.05) is 37.3 Å². The molecule has 1 aromatic carbocycles. The monoisotopic (exact) mass is 288 g/mol. The number of aromatic nitrogens is 3. The van der Waals surface area contributed by atoms with Crippen molar-refractivity contribution in [3.63, 3.8) is 0 Å². The quantitative estimate of drug-likeness (QED) is 0.816. The number of carboxylic acids is 1. The van der Waals surface area contributed by atoms with E-state index in [1.165, 1.54) is 27.7 Å². The van der Waals surface area contributed by atoms with Crippen molar-refractivity contribution in [1.29, 1.82) is 0 Å². The number of nitrogens with one attached hydrogen (secondary N) is 1. The van der Waals surface area contributed by atoms with E-state index in [1.807, 2.05) is 0 Å². The number of aryl methyl sites for hydroxylation is 2. The summed E-state index contributed by atoms with van der Waals surface area (Å²) in [7, 11) is 0. The van der Waals surface area contributed by atoms with Gasteiger partial charge in [-0.25, -0.2) is 9.48 Å². The number of benzene rings is 1. The first-order chi connectivity index (χ1) is 10.2. The van der Waals surface area contributed by atoms with Crippen LogP contribution in [0.2, 0.25) is 0 Å². The highest BCUT2D eigenvalue weighted by atomic mass is 16.4. The van der Waals surface area contributed by atoms with Crippen LogP contribution in [0.4, 0.5) is 5.69 Å². The van der Waals surface area contributed by atoms with Crippen molar-refractivity contribution in [3.05, 3.63) is 41.2 Å². The number of hydrogen-bond donors (Lipinski definition) is 2. The predicted molar refractivity (Wildman–Crippen MR) is 80.7 cm³/mol. The van der Waals surface area contributed by atoms with Gasteiger partial charge in [0.05, 0.1) is 12.7 Å². The fourth-order valence-corrected chi connectivity index (χ4v) is 2.27. The lowest BCUT2D eigenvalue weighted by molar-refractivity contribution is 0.0690. The Kier molecular flexibility index (Phi) is 4.92. The molecule has 0 radical (unpaired) electrons. The van der Waals surface area contributed by atoms with Gasteiger partial charge in [-0.3, -0.25) is 0 Å². The third kappa shape index (κ3) is 3.59. The molecule has 0 aliphatic heterocycles. The zero-order valence-corrected chi connectivity index (χ0v) is 12.3. The maximum atomic E-state index is 10.7. The van der Waals surface area contributed by atoms with Gasteiger partial charge in [-0.15, -0.1) is 5.10 Å². The molecule has 2 rings (SSSR count). The van der Waals surface area contributed by atoms with Crippen LogP contribution in [0.25, 0.3) is 0 Å². The second-order valence-corrected chi connectivity index (χ2v) is 4.76. The van der Waals surface area contributed by atoms with Crippen LogP contribution >= 0.6 is 0 Å². The lowest BCUT2D eigenvalue weighted by atomic mass is 10.0. The van der Waals surface area contributed by atoms with Crippen molar-refractivity contribution < 1.29 is 9.90 Å². The molecule has 0 amide bonds. The van der Waals surface area contributed by atoms with E-state index in [4.69, 9.17) is 5.11 Å². The van der Waals surface area contributed by atoms with Crippen LogP contribution in [0.15, 0.2) is 24.4 Å². The molecule has 21 heavy (non-hydrogen) atoms. The Hall–Kier alpha value is -2.37. The molecule has 0 aliphatic carbocycles. The van der Waals surface area contributed by atoms with Crippen LogP contribution in [0.5, 0.6) is 0 Å². The first-order valence-electron chi connectivity index (χ1n) is 7.13. The van der Waals surface area contributed by atoms with Crippen LogP contribution < -0.4 is 5.32 Å². The zero-order chi connectivity index (χ0) is 15.2. The van der Waals surface area contributed by atoms with E-state index in [9.17, 15) is 4.79 Å². The third-order valence-electron chi connectivity index (χ3n) is 3.40. The van der Waals surface area contributed by atoms with Crippen molar-refractivity contribution in [2.24, 2.45) is 0 Å². The number of carboxylic acid groups (broad SMARTS) is 1. The third-order valence-corrected chi connectivity index (χ3v) is 3.40. The van der Waals surface area contributed by atoms with Crippen molar-refractivity contribution in [3.8, 4) is 0 Å². The first kappa shape index (κ1) is 15.0. The van der Waals surface area contributed by atoms with E-state index in [0.717, 1.165) is 12.8 Å². The van der Waals surface area contributed by atoms with Crippen LogP contribution in [0.1, 0.15) is 35.5 Å². The van der Waals surface area contributed by atoms with E-state index in [-0.39, 0.29) is 5.69 Å². The summed E-state index contributed by atoms with van der Waals surface area (Å²) in [5.74, 6) is -1.06. The summed E-state index contributed by atoms with van der Waals surface area (Å²) < 4.78 is 1.54. The predicted octanol–water partition coefficient (Wildman–Crippen LogP) is 2.21. The number of anilines is 1. The Morgan fingerprint density at radius 3 is 2.48 bits per heavy atom. The summed E-state index contributed by atoms with van der Waals surface area (Å²) >= 11 is 0. The number of rotatable bonds is 7. The molecule has 6 nitrogen and oxygen atoms in total. The molecule has 0 saturated carbocycles. The van der Waals surface area contributed by atoms with Gasteiger partial charge >= 0.3 is 5.97 Å². The van der Waals surface area contributed by atoms with Crippen molar-refractivity contribution in [1.82, 2.24) is 15.0 Å². The number of carbonyl (C=O) groups is 1. The molecule has 1 aromatic heterocycles. The maximum absolute atomic E-state index is 10.7. The highest BCUT2D eigenvalue weighted by Gasteiger charge is 2.09. The smallest absolute Gasteiger partial charge is 0.358 e. The standard InChI is InChI=1S/C15H20N4O2/c1-3-11-6-5-7-12(4-2)14(11)16-8-9-19-10-13(15(20)21)17-18-19/h5-7,10,16H,3-4,8-9H2,1-2H3,(H,20,21). The Bertz CT molecular complexity index is 600. The molecule has 112 valence electrons. The summed E-state index contributed by atoms with van der Waals surface area (Å²) in [5, 5.41) is 19.6. The molecule has 2 N–H and O–H groups in total. The van der Waals surface area contributed by atoms with Crippen molar-refractivity contribution in [2.45, 2.75) is 33.2 Å². The Balaban J connectivity index is 2.01. The topological polar surface area (TPSA) is 80.0 Å². The Labute approximate surface area is 123 Å². The molecule has 1 heterocycles. The van der Waals surface area contributed by atoms with E-state index in [0.29, 0.717) is 13.1 Å². The highest BCUT2D eigenvalue weighted by Crippen LogP contribution is 2.22. The minimum Gasteiger partial charge on any atom is -0.476 e. The largest absolute Gasteiger partial charge is 0.476 e. The van der Waals surface area contributed by atoms with Gasteiger partial charge in [0, 0.05) is 12.2 Å². The maximum Gasteiger partial charge on any atom is 0.358 e. The molecule has 0 atom stereocenters. The molecule has 0 spiro atoms. The minimum atomic E-state index is -1.06. The van der Waals surface area contributed by atoms with Crippen LogP contribution in [0.3, 0.4) is 0 Å². The summed E-state index contributed by atoms with van der Waals surface area (Å²) in [6.45, 7) is 5.51. The van der Waals surface area contributed by atoms with Gasteiger partial charge in [-0.2, -0.15) is 0 Å². The molecular formula is C15H20N4O2. The molecular weight excluding hydrogens is 268 g/mol. The fraction of sp³-hybridized carbons (Fsp3) is 0.400. The molecule has 0 fully saturated rings. The summed E-state index contributed by atoms with van der Waals surface area (Å²) in [4.78, 5) is 10.7. The fourth-order valence-electron chi connectivity index (χ4n) is 2.27. The molecule has 2 aromatic rings. The lowest BCUT2D eigenvalue weighted by Crippen LogP contribution is -2.13. The number of hydrogen-bond acceptors (Lipinski definition) is 4. The van der Waals surface area contributed by atoms with E-state index >= 15 is 0 Å². The SMILES string of the molecule is CCc1cccc(CC)c1NCCn1cc(C(=O)O)nn1. The average Bonchev–Trinajstić information content (AvgIpc) is 2.96. The number of para-hydroxylation sites is 1. The van der Waals surface area contributed by atoms with Gasteiger partial charge in [0.25, 0.3) is 0 Å². The second kappa shape index (κ2) is 6.88. The van der Waals surface area contributed by atoms with Gasteiger partial charge < -0.3 is 10.4 Å². The van der Waals surface area contributed by atoms with Crippen LogP contribution in [-0.4, -0.2) is 32.6 Å². The molecule has 0 unspecified atom stereocenters. The van der Waals surface area contributed by atoms with E-state index in [2.05, 4.69) is 47.7 Å². The van der Waals surface area contributed by atoms with Gasteiger partial charge in [-0.05, 0) is 24.0 Å². The second-order valence-electron chi connectivity index (χ2n) is 4.76. The number of nitrogens with zero attached hydrogens (tertiary/aromatic N) is 3.